The molecule has 0 bridgehead atoms. The Bertz CT molecular complexity index is 1510. The van der Waals surface area contributed by atoms with Crippen molar-refractivity contribution in [3.8, 4) is 11.1 Å². The van der Waals surface area contributed by atoms with E-state index in [1.54, 1.807) is 0 Å². The molecule has 0 saturated carbocycles. The smallest absolute Gasteiger partial charge is 0.00990 e. The molecule has 0 aliphatic heterocycles. The van der Waals surface area contributed by atoms with Crippen LogP contribution in [-0.2, 0) is 0 Å². The highest BCUT2D eigenvalue weighted by molar-refractivity contribution is 6.17. The van der Waals surface area contributed by atoms with Crippen LogP contribution in [0, 0.1) is 0 Å². The van der Waals surface area contributed by atoms with Crippen molar-refractivity contribution in [1.29, 1.82) is 0 Å². The molecule has 28 heavy (non-hydrogen) atoms. The maximum Gasteiger partial charge on any atom is -0.00990 e. The summed E-state index contributed by atoms with van der Waals surface area (Å²) < 4.78 is 0. The summed E-state index contributed by atoms with van der Waals surface area (Å²) in [6, 6.07) is 39.7. The number of fused-ring (bicyclic) bond motifs is 6. The quantitative estimate of drug-likeness (QED) is 0.263. The summed E-state index contributed by atoms with van der Waals surface area (Å²) in [5.41, 5.74) is 2.53. The molecule has 0 radical (unpaired) electrons. The Labute approximate surface area is 163 Å². The van der Waals surface area contributed by atoms with Crippen LogP contribution in [0.15, 0.2) is 109 Å². The lowest BCUT2D eigenvalue weighted by molar-refractivity contribution is 1.68. The molecule has 130 valence electrons. The molecule has 0 nitrogen and oxygen atoms in total. The van der Waals surface area contributed by atoms with Crippen molar-refractivity contribution in [1.82, 2.24) is 0 Å². The molecule has 0 unspecified atom stereocenters. The fourth-order valence-corrected chi connectivity index (χ4v) is 4.38. The van der Waals surface area contributed by atoms with Gasteiger partial charge in [0.15, 0.2) is 0 Å². The highest BCUT2D eigenvalue weighted by Crippen LogP contribution is 2.34. The number of hydrogen-bond acceptors (Lipinski definition) is 0. The summed E-state index contributed by atoms with van der Waals surface area (Å²) in [5.74, 6) is 0. The largest absolute Gasteiger partial charge is 0.0616 e. The Kier molecular flexibility index (Phi) is 3.27. The van der Waals surface area contributed by atoms with Crippen LogP contribution in [0.3, 0.4) is 0 Å². The summed E-state index contributed by atoms with van der Waals surface area (Å²) in [4.78, 5) is 0. The molecule has 0 heteroatoms. The third-order valence-corrected chi connectivity index (χ3v) is 5.82. The Morgan fingerprint density at radius 1 is 0.286 bits per heavy atom. The van der Waals surface area contributed by atoms with Crippen molar-refractivity contribution >= 4 is 43.1 Å². The van der Waals surface area contributed by atoms with E-state index >= 15 is 0 Å². The SMILES string of the molecule is c1ccc2cc(-c3ccc4c(ccc5c6ccccc6ccc45)c3)ccc2c1. The standard InChI is InChI=1S/C28H18/c1-2-7-21-17-22(10-9-19(21)5-1)23-12-14-26-24(18-23)13-16-27-25-8-4-3-6-20(25)11-15-28(26)27/h1-18H. The van der Waals surface area contributed by atoms with Crippen LogP contribution in [0.2, 0.25) is 0 Å². The van der Waals surface area contributed by atoms with Crippen LogP contribution in [0.4, 0.5) is 0 Å². The maximum absolute atomic E-state index is 2.31. The third kappa shape index (κ3) is 2.32. The van der Waals surface area contributed by atoms with E-state index in [2.05, 4.69) is 109 Å². The molecule has 0 fully saturated rings. The highest BCUT2D eigenvalue weighted by atomic mass is 14.1. The first-order valence-corrected chi connectivity index (χ1v) is 9.70. The van der Waals surface area contributed by atoms with Gasteiger partial charge < -0.3 is 0 Å². The van der Waals surface area contributed by atoms with Gasteiger partial charge >= 0.3 is 0 Å². The van der Waals surface area contributed by atoms with Crippen molar-refractivity contribution in [3.05, 3.63) is 109 Å². The van der Waals surface area contributed by atoms with E-state index < -0.39 is 0 Å². The first kappa shape index (κ1) is 15.4. The first-order chi connectivity index (χ1) is 13.9. The predicted octanol–water partition coefficient (Wildman–Crippen LogP) is 7.97. The summed E-state index contributed by atoms with van der Waals surface area (Å²) in [6.45, 7) is 0. The summed E-state index contributed by atoms with van der Waals surface area (Å²) in [7, 11) is 0. The van der Waals surface area contributed by atoms with Crippen LogP contribution in [0.5, 0.6) is 0 Å². The van der Waals surface area contributed by atoms with E-state index in [0.717, 1.165) is 0 Å². The molecule has 0 aromatic heterocycles. The van der Waals surface area contributed by atoms with Gasteiger partial charge in [0.2, 0.25) is 0 Å². The monoisotopic (exact) mass is 354 g/mol. The van der Waals surface area contributed by atoms with E-state index in [1.807, 2.05) is 0 Å². The van der Waals surface area contributed by atoms with Gasteiger partial charge in [0, 0.05) is 0 Å². The lowest BCUT2D eigenvalue weighted by Crippen LogP contribution is -1.83. The summed E-state index contributed by atoms with van der Waals surface area (Å²) >= 11 is 0. The van der Waals surface area contributed by atoms with Crippen LogP contribution in [0.25, 0.3) is 54.2 Å². The van der Waals surface area contributed by atoms with Crippen molar-refractivity contribution in [2.75, 3.05) is 0 Å². The van der Waals surface area contributed by atoms with Gasteiger partial charge in [-0.2, -0.15) is 0 Å². The molecule has 0 amide bonds. The third-order valence-electron chi connectivity index (χ3n) is 5.82. The second kappa shape index (κ2) is 5.94. The molecular weight excluding hydrogens is 336 g/mol. The number of rotatable bonds is 1. The van der Waals surface area contributed by atoms with Crippen LogP contribution >= 0.6 is 0 Å². The van der Waals surface area contributed by atoms with E-state index in [1.165, 1.54) is 54.2 Å². The molecule has 0 aliphatic rings. The molecule has 0 N–H and O–H groups in total. The van der Waals surface area contributed by atoms with E-state index in [0.29, 0.717) is 0 Å². The molecule has 6 aromatic rings. The van der Waals surface area contributed by atoms with Crippen LogP contribution in [-0.4, -0.2) is 0 Å². The molecule has 0 aliphatic carbocycles. The average Bonchev–Trinajstić information content (AvgIpc) is 2.78. The van der Waals surface area contributed by atoms with E-state index in [-0.39, 0.29) is 0 Å². The normalized spacial score (nSPS) is 11.6. The predicted molar refractivity (Wildman–Crippen MR) is 122 cm³/mol. The van der Waals surface area contributed by atoms with Crippen molar-refractivity contribution in [2.24, 2.45) is 0 Å². The molecule has 6 rings (SSSR count). The Hall–Kier alpha value is -3.64. The molecular formula is C28H18. The van der Waals surface area contributed by atoms with Crippen molar-refractivity contribution in [3.63, 3.8) is 0 Å². The summed E-state index contributed by atoms with van der Waals surface area (Å²) in [6.07, 6.45) is 0. The fourth-order valence-electron chi connectivity index (χ4n) is 4.38. The minimum Gasteiger partial charge on any atom is -0.0616 e. The average molecular weight is 354 g/mol. The molecule has 6 aromatic carbocycles. The van der Waals surface area contributed by atoms with E-state index in [4.69, 9.17) is 0 Å². The molecule has 0 spiro atoms. The lowest BCUT2D eigenvalue weighted by atomic mass is 9.94. The second-order valence-electron chi connectivity index (χ2n) is 7.45. The topological polar surface area (TPSA) is 0 Å². The minimum atomic E-state index is 1.26. The van der Waals surface area contributed by atoms with Gasteiger partial charge in [-0.1, -0.05) is 97.1 Å². The molecule has 0 heterocycles. The molecule has 0 atom stereocenters. The number of hydrogen-bond donors (Lipinski definition) is 0. The van der Waals surface area contributed by atoms with Crippen LogP contribution < -0.4 is 0 Å². The van der Waals surface area contributed by atoms with Gasteiger partial charge in [-0.3, -0.25) is 0 Å². The zero-order chi connectivity index (χ0) is 18.5. The van der Waals surface area contributed by atoms with Gasteiger partial charge in [-0.25, -0.2) is 0 Å². The van der Waals surface area contributed by atoms with Gasteiger partial charge in [-0.15, -0.1) is 0 Å². The van der Waals surface area contributed by atoms with Gasteiger partial charge in [-0.05, 0) is 66.3 Å². The Balaban J connectivity index is 1.57. The Morgan fingerprint density at radius 3 is 1.61 bits per heavy atom. The molecule has 0 saturated heterocycles. The highest BCUT2D eigenvalue weighted by Gasteiger charge is 2.06. The lowest BCUT2D eigenvalue weighted by Gasteiger charge is -2.10. The fraction of sp³-hybridized carbons (Fsp3) is 0. The minimum absolute atomic E-state index is 1.26. The van der Waals surface area contributed by atoms with E-state index in [9.17, 15) is 0 Å². The second-order valence-corrected chi connectivity index (χ2v) is 7.45. The van der Waals surface area contributed by atoms with Gasteiger partial charge in [0.05, 0.1) is 0 Å². The van der Waals surface area contributed by atoms with Crippen molar-refractivity contribution in [2.45, 2.75) is 0 Å². The van der Waals surface area contributed by atoms with Gasteiger partial charge in [0.1, 0.15) is 0 Å². The van der Waals surface area contributed by atoms with Gasteiger partial charge in [0.25, 0.3) is 0 Å². The summed E-state index contributed by atoms with van der Waals surface area (Å²) in [5, 5.41) is 10.4. The zero-order valence-corrected chi connectivity index (χ0v) is 15.4. The number of benzene rings is 6. The maximum atomic E-state index is 2.31. The van der Waals surface area contributed by atoms with Crippen LogP contribution in [0.1, 0.15) is 0 Å². The first-order valence-electron chi connectivity index (χ1n) is 9.70. The zero-order valence-electron chi connectivity index (χ0n) is 15.4. The van der Waals surface area contributed by atoms with Crippen molar-refractivity contribution < 1.29 is 0 Å². The Morgan fingerprint density at radius 2 is 0.786 bits per heavy atom.